The van der Waals surface area contributed by atoms with Gasteiger partial charge in [-0.3, -0.25) is 14.3 Å². The average molecular weight is 499 g/mol. The van der Waals surface area contributed by atoms with Crippen LogP contribution in [0.4, 0.5) is 11.4 Å². The predicted molar refractivity (Wildman–Crippen MR) is 137 cm³/mol. The molecule has 0 saturated carbocycles. The van der Waals surface area contributed by atoms with E-state index in [0.717, 1.165) is 0 Å². The number of carbonyl (C=O) groups is 2. The molecule has 3 aromatic rings. The van der Waals surface area contributed by atoms with Crippen LogP contribution in [-0.2, 0) is 16.1 Å². The number of aromatic nitrogens is 2. The van der Waals surface area contributed by atoms with Crippen LogP contribution in [-0.4, -0.2) is 46.8 Å². The zero-order valence-electron chi connectivity index (χ0n) is 18.7. The van der Waals surface area contributed by atoms with E-state index in [1.807, 2.05) is 35.7 Å². The number of hydrogen-bond acceptors (Lipinski definition) is 7. The van der Waals surface area contributed by atoms with Crippen molar-refractivity contribution in [3.05, 3.63) is 66.5 Å². The molecule has 34 heavy (non-hydrogen) atoms. The van der Waals surface area contributed by atoms with Gasteiger partial charge in [-0.1, -0.05) is 12.1 Å². The number of ether oxygens (including phenoxy) is 2. The Balaban J connectivity index is 1.21. The van der Waals surface area contributed by atoms with Gasteiger partial charge in [0.05, 0.1) is 23.6 Å². The van der Waals surface area contributed by atoms with Gasteiger partial charge in [-0.2, -0.15) is 5.10 Å². The number of anilines is 2. The SMILES string of the molecule is COc1ccc(NC(=O)Cn2cc(NC(=O)COc3ccc(C4SCCCS4)cc3)cn2)cc1. The number of rotatable bonds is 9. The molecule has 0 aliphatic carbocycles. The quantitative estimate of drug-likeness (QED) is 0.451. The number of hydrogen-bond donors (Lipinski definition) is 2. The first-order valence-corrected chi connectivity index (χ1v) is 12.9. The molecule has 8 nitrogen and oxygen atoms in total. The molecule has 1 aliphatic rings. The molecule has 2 amide bonds. The van der Waals surface area contributed by atoms with Gasteiger partial charge in [0.2, 0.25) is 5.91 Å². The standard InChI is InChI=1S/C24H26N4O4S2/c1-31-20-9-5-18(6-10-20)26-22(29)15-28-14-19(13-25-28)27-23(30)16-32-21-7-3-17(4-8-21)24-33-11-2-12-34-24/h3-10,13-14,24H,2,11-12,15-16H2,1H3,(H,26,29)(H,27,30). The van der Waals surface area contributed by atoms with Gasteiger partial charge in [0.15, 0.2) is 6.61 Å². The Bertz CT molecular complexity index is 1100. The van der Waals surface area contributed by atoms with Crippen LogP contribution in [0.25, 0.3) is 0 Å². The molecular formula is C24H26N4O4S2. The number of nitrogens with one attached hydrogen (secondary N) is 2. The van der Waals surface area contributed by atoms with Crippen LogP contribution < -0.4 is 20.1 Å². The van der Waals surface area contributed by atoms with Crippen molar-refractivity contribution >= 4 is 46.7 Å². The van der Waals surface area contributed by atoms with E-state index in [9.17, 15) is 9.59 Å². The number of thioether (sulfide) groups is 2. The largest absolute Gasteiger partial charge is 0.497 e. The first-order valence-electron chi connectivity index (χ1n) is 10.8. The molecule has 1 fully saturated rings. The maximum Gasteiger partial charge on any atom is 0.262 e. The van der Waals surface area contributed by atoms with E-state index in [1.54, 1.807) is 37.6 Å². The third-order valence-electron chi connectivity index (χ3n) is 4.95. The van der Waals surface area contributed by atoms with Gasteiger partial charge in [-0.25, -0.2) is 0 Å². The second kappa shape index (κ2) is 11.8. The lowest BCUT2D eigenvalue weighted by Crippen LogP contribution is -2.20. The molecule has 1 aromatic heterocycles. The fourth-order valence-electron chi connectivity index (χ4n) is 3.28. The second-order valence-electron chi connectivity index (χ2n) is 7.54. The zero-order chi connectivity index (χ0) is 23.8. The molecule has 10 heteroatoms. The number of benzene rings is 2. The molecule has 1 aliphatic heterocycles. The van der Waals surface area contributed by atoms with Gasteiger partial charge >= 0.3 is 0 Å². The van der Waals surface area contributed by atoms with Crippen LogP contribution in [0.15, 0.2) is 60.9 Å². The lowest BCUT2D eigenvalue weighted by Gasteiger charge is -2.21. The second-order valence-corrected chi connectivity index (χ2v) is 10.3. The molecule has 0 bridgehead atoms. The van der Waals surface area contributed by atoms with Crippen molar-refractivity contribution in [1.82, 2.24) is 9.78 Å². The van der Waals surface area contributed by atoms with E-state index in [4.69, 9.17) is 9.47 Å². The number of amides is 2. The lowest BCUT2D eigenvalue weighted by molar-refractivity contribution is -0.118. The van der Waals surface area contributed by atoms with E-state index >= 15 is 0 Å². The summed E-state index contributed by atoms with van der Waals surface area (Å²) in [7, 11) is 1.58. The van der Waals surface area contributed by atoms with Crippen LogP contribution in [0.2, 0.25) is 0 Å². The number of nitrogens with zero attached hydrogens (tertiary/aromatic N) is 2. The van der Waals surface area contributed by atoms with Crippen molar-refractivity contribution < 1.29 is 19.1 Å². The summed E-state index contributed by atoms with van der Waals surface area (Å²) in [6, 6.07) is 15.0. The molecule has 0 unspecified atom stereocenters. The summed E-state index contributed by atoms with van der Waals surface area (Å²) in [6.07, 6.45) is 4.35. The van der Waals surface area contributed by atoms with Crippen LogP contribution in [0, 0.1) is 0 Å². The Labute approximate surface area is 206 Å². The van der Waals surface area contributed by atoms with E-state index in [2.05, 4.69) is 27.9 Å². The monoisotopic (exact) mass is 498 g/mol. The molecule has 178 valence electrons. The Morgan fingerprint density at radius 2 is 1.65 bits per heavy atom. The van der Waals surface area contributed by atoms with Crippen molar-refractivity contribution in [1.29, 1.82) is 0 Å². The predicted octanol–water partition coefficient (Wildman–Crippen LogP) is 4.42. The molecule has 2 heterocycles. The Morgan fingerprint density at radius 1 is 0.971 bits per heavy atom. The van der Waals surface area contributed by atoms with Gasteiger partial charge in [-0.05, 0) is 59.9 Å². The summed E-state index contributed by atoms with van der Waals surface area (Å²) in [5, 5.41) is 9.65. The van der Waals surface area contributed by atoms with E-state index in [0.29, 0.717) is 27.5 Å². The van der Waals surface area contributed by atoms with Crippen molar-refractivity contribution in [3.8, 4) is 11.5 Å². The Morgan fingerprint density at radius 3 is 2.35 bits per heavy atom. The number of carbonyl (C=O) groups excluding carboxylic acids is 2. The lowest BCUT2D eigenvalue weighted by atomic mass is 10.2. The summed E-state index contributed by atoms with van der Waals surface area (Å²) < 4.78 is 12.6. The average Bonchev–Trinajstić information content (AvgIpc) is 3.30. The van der Waals surface area contributed by atoms with Gasteiger partial charge in [-0.15, -0.1) is 23.5 Å². The van der Waals surface area contributed by atoms with Gasteiger partial charge in [0.1, 0.15) is 18.0 Å². The molecule has 0 spiro atoms. The van der Waals surface area contributed by atoms with Crippen molar-refractivity contribution in [2.45, 2.75) is 17.5 Å². The van der Waals surface area contributed by atoms with Gasteiger partial charge in [0.25, 0.3) is 5.91 Å². The smallest absolute Gasteiger partial charge is 0.262 e. The van der Waals surface area contributed by atoms with Crippen LogP contribution in [0.5, 0.6) is 11.5 Å². The molecular weight excluding hydrogens is 472 g/mol. The molecule has 4 rings (SSSR count). The molecule has 2 aromatic carbocycles. The zero-order valence-corrected chi connectivity index (χ0v) is 20.4. The highest BCUT2D eigenvalue weighted by Crippen LogP contribution is 2.43. The molecule has 2 N–H and O–H groups in total. The first kappa shape index (κ1) is 24.0. The Hall–Kier alpha value is -3.11. The van der Waals surface area contributed by atoms with Crippen LogP contribution in [0.1, 0.15) is 16.6 Å². The summed E-state index contributed by atoms with van der Waals surface area (Å²) in [5.41, 5.74) is 2.43. The summed E-state index contributed by atoms with van der Waals surface area (Å²) >= 11 is 3.94. The topological polar surface area (TPSA) is 94.5 Å². The van der Waals surface area contributed by atoms with Gasteiger partial charge in [0, 0.05) is 11.9 Å². The minimum Gasteiger partial charge on any atom is -0.497 e. The van der Waals surface area contributed by atoms with Gasteiger partial charge < -0.3 is 20.1 Å². The van der Waals surface area contributed by atoms with Crippen LogP contribution >= 0.6 is 23.5 Å². The minimum absolute atomic E-state index is 0.0162. The van der Waals surface area contributed by atoms with E-state index < -0.39 is 0 Å². The summed E-state index contributed by atoms with van der Waals surface area (Å²) in [5.74, 6) is 3.22. The first-order chi connectivity index (χ1) is 16.6. The van der Waals surface area contributed by atoms with E-state index in [-0.39, 0.29) is 25.0 Å². The molecule has 1 saturated heterocycles. The molecule has 0 radical (unpaired) electrons. The normalized spacial score (nSPS) is 13.8. The van der Waals surface area contributed by atoms with E-state index in [1.165, 1.54) is 34.4 Å². The maximum atomic E-state index is 12.3. The summed E-state index contributed by atoms with van der Waals surface area (Å²) in [6.45, 7) is -0.0995. The third-order valence-corrected chi connectivity index (χ3v) is 7.96. The highest BCUT2D eigenvalue weighted by Gasteiger charge is 2.16. The fraction of sp³-hybridized carbons (Fsp3) is 0.292. The third kappa shape index (κ3) is 6.94. The number of methoxy groups -OCH3 is 1. The fourth-order valence-corrected chi connectivity index (χ4v) is 6.18. The van der Waals surface area contributed by atoms with Crippen LogP contribution in [0.3, 0.4) is 0 Å². The van der Waals surface area contributed by atoms with Crippen molar-refractivity contribution in [2.24, 2.45) is 0 Å². The van der Waals surface area contributed by atoms with Crippen molar-refractivity contribution in [2.75, 3.05) is 35.9 Å². The summed E-state index contributed by atoms with van der Waals surface area (Å²) in [4.78, 5) is 24.5. The molecule has 0 atom stereocenters. The Kier molecular flexibility index (Phi) is 8.37. The highest BCUT2D eigenvalue weighted by molar-refractivity contribution is 8.16. The van der Waals surface area contributed by atoms with Crippen molar-refractivity contribution in [3.63, 3.8) is 0 Å². The maximum absolute atomic E-state index is 12.3. The highest BCUT2D eigenvalue weighted by atomic mass is 32.2. The minimum atomic E-state index is -0.301.